The van der Waals surface area contributed by atoms with Crippen LogP contribution in [0.5, 0.6) is 0 Å². The summed E-state index contributed by atoms with van der Waals surface area (Å²) in [5, 5.41) is 3.88. The van der Waals surface area contributed by atoms with Crippen LogP contribution in [0.2, 0.25) is 0 Å². The van der Waals surface area contributed by atoms with Crippen LogP contribution < -0.4 is 5.73 Å². The maximum absolute atomic E-state index is 11.4. The third-order valence-corrected chi connectivity index (χ3v) is 3.26. The predicted octanol–water partition coefficient (Wildman–Crippen LogP) is 2.13. The van der Waals surface area contributed by atoms with Crippen molar-refractivity contribution in [2.75, 3.05) is 0 Å². The van der Waals surface area contributed by atoms with Crippen LogP contribution in [0.1, 0.15) is 27.5 Å². The van der Waals surface area contributed by atoms with Crippen molar-refractivity contribution in [3.63, 3.8) is 0 Å². The monoisotopic (exact) mass is 294 g/mol. The lowest BCUT2D eigenvalue weighted by Gasteiger charge is -2.06. The first-order valence-electron chi connectivity index (χ1n) is 6.77. The Morgan fingerprint density at radius 1 is 1.23 bits per heavy atom. The van der Waals surface area contributed by atoms with Crippen LogP contribution in [0.15, 0.2) is 47.1 Å². The fourth-order valence-corrected chi connectivity index (χ4v) is 2.21. The molecule has 2 aromatic heterocycles. The zero-order valence-corrected chi connectivity index (χ0v) is 12.0. The summed E-state index contributed by atoms with van der Waals surface area (Å²) in [4.78, 5) is 19.6. The average molecular weight is 294 g/mol. The number of aromatic nitrogens is 3. The number of benzene rings is 1. The Hall–Kier alpha value is -3.02. The summed E-state index contributed by atoms with van der Waals surface area (Å²) in [7, 11) is 0. The molecule has 6 nitrogen and oxygen atoms in total. The van der Waals surface area contributed by atoms with Gasteiger partial charge < -0.3 is 10.3 Å². The van der Waals surface area contributed by atoms with Crippen LogP contribution in [0.4, 0.5) is 0 Å². The Kier molecular flexibility index (Phi) is 3.65. The number of pyridine rings is 1. The lowest BCUT2D eigenvalue weighted by Crippen LogP contribution is -2.15. The van der Waals surface area contributed by atoms with Gasteiger partial charge in [0, 0.05) is 18.7 Å². The Morgan fingerprint density at radius 3 is 2.64 bits per heavy atom. The molecule has 110 valence electrons. The molecule has 0 atom stereocenters. The first kappa shape index (κ1) is 13.9. The minimum Gasteiger partial charge on any atom is -0.364 e. The number of amides is 1. The van der Waals surface area contributed by atoms with Gasteiger partial charge in [0.1, 0.15) is 5.69 Å². The van der Waals surface area contributed by atoms with Gasteiger partial charge in [0.05, 0.1) is 0 Å². The number of aryl methyl sites for hydroxylation is 1. The molecule has 0 radical (unpaired) electrons. The molecule has 0 fully saturated rings. The van der Waals surface area contributed by atoms with Crippen molar-refractivity contribution in [1.82, 2.24) is 15.1 Å². The molecule has 0 unspecified atom stereocenters. The maximum Gasteiger partial charge on any atom is 0.267 e. The molecule has 2 heterocycles. The highest BCUT2D eigenvalue weighted by molar-refractivity contribution is 5.92. The normalized spacial score (nSPS) is 10.6. The van der Waals surface area contributed by atoms with E-state index in [9.17, 15) is 4.79 Å². The zero-order valence-electron chi connectivity index (χ0n) is 12.0. The molecular weight excluding hydrogens is 280 g/mol. The number of rotatable bonds is 4. The quantitative estimate of drug-likeness (QED) is 0.795. The summed E-state index contributed by atoms with van der Waals surface area (Å²) >= 11 is 0. The van der Waals surface area contributed by atoms with E-state index in [1.165, 1.54) is 0 Å². The van der Waals surface area contributed by atoms with E-state index < -0.39 is 5.91 Å². The van der Waals surface area contributed by atoms with Gasteiger partial charge in [0.2, 0.25) is 11.7 Å². The number of primary amides is 1. The van der Waals surface area contributed by atoms with Crippen molar-refractivity contribution in [1.29, 1.82) is 0 Å². The van der Waals surface area contributed by atoms with Gasteiger partial charge in [-0.25, -0.2) is 0 Å². The number of nitrogens with two attached hydrogens (primary N) is 1. The summed E-state index contributed by atoms with van der Waals surface area (Å²) in [6.07, 6.45) is 2.14. The SMILES string of the molecule is Cc1nc(-c2ccc(Cc3cccnc3C(N)=O)cc2)no1. The van der Waals surface area contributed by atoms with Crippen molar-refractivity contribution >= 4 is 5.91 Å². The van der Waals surface area contributed by atoms with Gasteiger partial charge >= 0.3 is 0 Å². The first-order chi connectivity index (χ1) is 10.6. The van der Waals surface area contributed by atoms with Crippen molar-refractivity contribution in [2.24, 2.45) is 5.73 Å². The zero-order chi connectivity index (χ0) is 15.5. The van der Waals surface area contributed by atoms with E-state index >= 15 is 0 Å². The minimum absolute atomic E-state index is 0.306. The molecule has 0 aliphatic carbocycles. The highest BCUT2D eigenvalue weighted by Gasteiger charge is 2.10. The van der Waals surface area contributed by atoms with Gasteiger partial charge in [-0.1, -0.05) is 35.5 Å². The van der Waals surface area contributed by atoms with Crippen LogP contribution >= 0.6 is 0 Å². The summed E-state index contributed by atoms with van der Waals surface area (Å²) in [5.41, 5.74) is 8.37. The van der Waals surface area contributed by atoms with Crippen LogP contribution in [0.25, 0.3) is 11.4 Å². The van der Waals surface area contributed by atoms with Gasteiger partial charge in [-0.05, 0) is 23.6 Å². The fraction of sp³-hybridized carbons (Fsp3) is 0.125. The van der Waals surface area contributed by atoms with Crippen molar-refractivity contribution < 1.29 is 9.32 Å². The number of nitrogens with zero attached hydrogens (tertiary/aromatic N) is 3. The largest absolute Gasteiger partial charge is 0.364 e. The molecule has 2 N–H and O–H groups in total. The summed E-state index contributed by atoms with van der Waals surface area (Å²) in [6, 6.07) is 11.4. The molecule has 0 aliphatic rings. The van der Waals surface area contributed by atoms with E-state index in [4.69, 9.17) is 10.3 Å². The number of hydrogen-bond acceptors (Lipinski definition) is 5. The van der Waals surface area contributed by atoms with Crippen molar-refractivity contribution in [3.05, 3.63) is 65.3 Å². The predicted molar refractivity (Wildman–Crippen MR) is 80.0 cm³/mol. The maximum atomic E-state index is 11.4. The molecule has 0 aliphatic heterocycles. The Balaban J connectivity index is 1.84. The van der Waals surface area contributed by atoms with E-state index in [1.54, 1.807) is 19.2 Å². The smallest absolute Gasteiger partial charge is 0.267 e. The van der Waals surface area contributed by atoms with Gasteiger partial charge in [-0.2, -0.15) is 4.98 Å². The second-order valence-corrected chi connectivity index (χ2v) is 4.89. The average Bonchev–Trinajstić information content (AvgIpc) is 2.95. The fourth-order valence-electron chi connectivity index (χ4n) is 2.21. The molecule has 1 aromatic carbocycles. The molecular formula is C16H14N4O2. The standard InChI is InChI=1S/C16H14N4O2/c1-10-19-16(20-22-10)12-6-4-11(5-7-12)9-13-3-2-8-18-14(13)15(17)21/h2-8H,9H2,1H3,(H2,17,21). The summed E-state index contributed by atoms with van der Waals surface area (Å²) < 4.78 is 4.97. The molecule has 0 saturated carbocycles. The minimum atomic E-state index is -0.519. The van der Waals surface area contributed by atoms with Crippen molar-refractivity contribution in [2.45, 2.75) is 13.3 Å². The van der Waals surface area contributed by atoms with E-state index in [-0.39, 0.29) is 0 Å². The van der Waals surface area contributed by atoms with Gasteiger partial charge in [0.15, 0.2) is 0 Å². The number of carbonyl (C=O) groups excluding carboxylic acids is 1. The molecule has 6 heteroatoms. The van der Waals surface area contributed by atoms with Crippen LogP contribution in [0, 0.1) is 6.92 Å². The van der Waals surface area contributed by atoms with Gasteiger partial charge in [-0.3, -0.25) is 9.78 Å². The molecule has 1 amide bonds. The third-order valence-electron chi connectivity index (χ3n) is 3.26. The second kappa shape index (κ2) is 5.77. The van der Waals surface area contributed by atoms with E-state index in [0.29, 0.717) is 23.8 Å². The highest BCUT2D eigenvalue weighted by Crippen LogP contribution is 2.18. The van der Waals surface area contributed by atoms with E-state index in [2.05, 4.69) is 15.1 Å². The Morgan fingerprint density at radius 2 is 2.00 bits per heavy atom. The third kappa shape index (κ3) is 2.85. The van der Waals surface area contributed by atoms with Crippen molar-refractivity contribution in [3.8, 4) is 11.4 Å². The number of hydrogen-bond donors (Lipinski definition) is 1. The van der Waals surface area contributed by atoms with E-state index in [0.717, 1.165) is 16.7 Å². The van der Waals surface area contributed by atoms with Crippen LogP contribution in [-0.4, -0.2) is 21.0 Å². The Labute approximate surface area is 127 Å². The summed E-state index contributed by atoms with van der Waals surface area (Å²) in [5.74, 6) is 0.568. The molecule has 0 saturated heterocycles. The highest BCUT2D eigenvalue weighted by atomic mass is 16.5. The van der Waals surface area contributed by atoms with Gasteiger partial charge in [0.25, 0.3) is 5.91 Å². The molecule has 3 rings (SSSR count). The lowest BCUT2D eigenvalue weighted by atomic mass is 10.0. The molecule has 22 heavy (non-hydrogen) atoms. The lowest BCUT2D eigenvalue weighted by molar-refractivity contribution is 0.0994. The molecule has 0 spiro atoms. The Bertz CT molecular complexity index is 809. The van der Waals surface area contributed by atoms with Crippen LogP contribution in [-0.2, 0) is 6.42 Å². The van der Waals surface area contributed by atoms with Gasteiger partial charge in [-0.15, -0.1) is 0 Å². The van der Waals surface area contributed by atoms with E-state index in [1.807, 2.05) is 30.3 Å². The van der Waals surface area contributed by atoms with Crippen LogP contribution in [0.3, 0.4) is 0 Å². The first-order valence-corrected chi connectivity index (χ1v) is 6.77. The molecule has 0 bridgehead atoms. The second-order valence-electron chi connectivity index (χ2n) is 4.89. The topological polar surface area (TPSA) is 94.9 Å². The number of carbonyl (C=O) groups is 1. The summed E-state index contributed by atoms with van der Waals surface area (Å²) in [6.45, 7) is 1.75. The molecule has 3 aromatic rings.